The van der Waals surface area contributed by atoms with E-state index in [-0.39, 0.29) is 24.5 Å². The van der Waals surface area contributed by atoms with Gasteiger partial charge in [0.1, 0.15) is 5.82 Å². The number of hydrogen-bond acceptors (Lipinski definition) is 5. The number of pyridine rings is 1. The Kier molecular flexibility index (Phi) is 12.7. The van der Waals surface area contributed by atoms with Gasteiger partial charge in [-0.3, -0.25) is 14.4 Å². The summed E-state index contributed by atoms with van der Waals surface area (Å²) in [6.07, 6.45) is -4.37. The fourth-order valence-electron chi connectivity index (χ4n) is 5.85. The van der Waals surface area contributed by atoms with E-state index in [4.69, 9.17) is 4.74 Å². The third kappa shape index (κ3) is 9.59. The van der Waals surface area contributed by atoms with Crippen LogP contribution in [-0.4, -0.2) is 48.5 Å². The Labute approximate surface area is 272 Å². The lowest BCUT2D eigenvalue weighted by molar-refractivity contribution is -0.143. The molecule has 0 aliphatic carbocycles. The zero-order valence-electron chi connectivity index (χ0n) is 27.9. The minimum Gasteiger partial charge on any atom is -0.466 e. The van der Waals surface area contributed by atoms with Crippen molar-refractivity contribution in [2.45, 2.75) is 78.4 Å². The van der Waals surface area contributed by atoms with Crippen molar-refractivity contribution >= 4 is 11.8 Å². The van der Waals surface area contributed by atoms with Crippen molar-refractivity contribution in [2.24, 2.45) is 5.92 Å². The number of nitrogens with zero attached hydrogens (tertiary/aromatic N) is 2. The summed E-state index contributed by atoms with van der Waals surface area (Å²) in [6.45, 7) is 9.09. The van der Waals surface area contributed by atoms with E-state index in [9.17, 15) is 31.9 Å². The number of alkyl halides is 3. The molecule has 47 heavy (non-hydrogen) atoms. The van der Waals surface area contributed by atoms with E-state index in [2.05, 4.69) is 0 Å². The summed E-state index contributed by atoms with van der Waals surface area (Å²) in [5.41, 5.74) is -0.696. The quantitative estimate of drug-likeness (QED) is 0.130. The fraction of sp³-hybridized carbons (Fsp3) is 0.472. The summed E-state index contributed by atoms with van der Waals surface area (Å²) in [6, 6.07) is 7.09. The van der Waals surface area contributed by atoms with Gasteiger partial charge in [-0.1, -0.05) is 32.0 Å². The first kappa shape index (κ1) is 37.6. The molecule has 256 valence electrons. The third-order valence-electron chi connectivity index (χ3n) is 8.09. The number of likely N-dealkylation sites (N-methyl/N-ethyl adjacent to an activating group) is 1. The summed E-state index contributed by atoms with van der Waals surface area (Å²) in [5.74, 6) is -5.65. The van der Waals surface area contributed by atoms with Crippen LogP contribution in [-0.2, 0) is 26.9 Å². The third-order valence-corrected chi connectivity index (χ3v) is 8.09. The second-order valence-corrected chi connectivity index (χ2v) is 12.7. The largest absolute Gasteiger partial charge is 0.466 e. The van der Waals surface area contributed by atoms with Gasteiger partial charge in [0, 0.05) is 25.1 Å². The monoisotopic (exact) mass is 662 g/mol. The Hall–Kier alpha value is -3.86. The van der Waals surface area contributed by atoms with Crippen LogP contribution in [0.25, 0.3) is 11.1 Å². The van der Waals surface area contributed by atoms with Crippen LogP contribution in [0, 0.1) is 31.4 Å². The molecule has 0 spiro atoms. The first-order valence-corrected chi connectivity index (χ1v) is 15.6. The van der Waals surface area contributed by atoms with Crippen molar-refractivity contribution in [3.63, 3.8) is 0 Å². The highest BCUT2D eigenvalue weighted by Crippen LogP contribution is 2.41. The SMILES string of the molecule is CCOC(=O)C[C@H](CC(=O)C(CC(C)C)n1cc(CCN(C)C)cc(F)c1=O)c1cc(-c2c(C)cccc2C)cc(C(F)(F)F)c1F. The summed E-state index contributed by atoms with van der Waals surface area (Å²) >= 11 is 0. The number of ether oxygens (including phenoxy) is 1. The maximum absolute atomic E-state index is 16.0. The van der Waals surface area contributed by atoms with Crippen LogP contribution in [0.5, 0.6) is 0 Å². The Balaban J connectivity index is 2.22. The summed E-state index contributed by atoms with van der Waals surface area (Å²) < 4.78 is 79.8. The summed E-state index contributed by atoms with van der Waals surface area (Å²) in [7, 11) is 3.67. The van der Waals surface area contributed by atoms with Crippen LogP contribution < -0.4 is 5.56 Å². The number of halogens is 5. The highest BCUT2D eigenvalue weighted by atomic mass is 19.4. The van der Waals surface area contributed by atoms with Crippen molar-refractivity contribution < 1.29 is 36.3 Å². The molecule has 0 aliphatic heterocycles. The Morgan fingerprint density at radius 1 is 1.00 bits per heavy atom. The average molecular weight is 663 g/mol. The van der Waals surface area contributed by atoms with Crippen LogP contribution in [0.2, 0.25) is 0 Å². The van der Waals surface area contributed by atoms with Crippen LogP contribution in [0.15, 0.2) is 47.4 Å². The molecule has 0 saturated carbocycles. The molecule has 11 heteroatoms. The molecule has 0 amide bonds. The molecule has 3 aromatic rings. The normalized spacial score (nSPS) is 13.2. The molecular formula is C36H43F5N2O4. The number of carbonyl (C=O) groups is 2. The van der Waals surface area contributed by atoms with Crippen LogP contribution in [0.3, 0.4) is 0 Å². The molecule has 0 aliphatic rings. The molecule has 0 fully saturated rings. The van der Waals surface area contributed by atoms with E-state index in [0.717, 1.165) is 16.7 Å². The van der Waals surface area contributed by atoms with E-state index < -0.39 is 71.1 Å². The number of esters is 1. The zero-order chi connectivity index (χ0) is 35.2. The molecule has 1 aromatic heterocycles. The number of Topliss-reactive ketones (excluding diaryl/α,β-unsaturated/α-hetero) is 1. The minimum atomic E-state index is -5.08. The van der Waals surface area contributed by atoms with Gasteiger partial charge >= 0.3 is 12.1 Å². The molecule has 0 radical (unpaired) electrons. The highest BCUT2D eigenvalue weighted by molar-refractivity contribution is 5.84. The number of aryl methyl sites for hydroxylation is 2. The number of ketones is 1. The van der Waals surface area contributed by atoms with Gasteiger partial charge in [0.2, 0.25) is 0 Å². The number of benzene rings is 2. The van der Waals surface area contributed by atoms with Crippen molar-refractivity contribution in [1.29, 1.82) is 0 Å². The van der Waals surface area contributed by atoms with Gasteiger partial charge in [0.05, 0.1) is 24.6 Å². The van der Waals surface area contributed by atoms with Gasteiger partial charge in [0.25, 0.3) is 5.56 Å². The smallest absolute Gasteiger partial charge is 0.419 e. The highest BCUT2D eigenvalue weighted by Gasteiger charge is 2.38. The molecule has 3 rings (SSSR count). The van der Waals surface area contributed by atoms with Gasteiger partial charge in [-0.15, -0.1) is 0 Å². The molecule has 6 nitrogen and oxygen atoms in total. The second-order valence-electron chi connectivity index (χ2n) is 12.7. The topological polar surface area (TPSA) is 68.6 Å². The average Bonchev–Trinajstić information content (AvgIpc) is 2.96. The molecule has 1 unspecified atom stereocenters. The second kappa shape index (κ2) is 15.8. The maximum atomic E-state index is 16.0. The lowest BCUT2D eigenvalue weighted by Crippen LogP contribution is -2.34. The van der Waals surface area contributed by atoms with Crippen molar-refractivity contribution in [1.82, 2.24) is 9.47 Å². The Morgan fingerprint density at radius 2 is 1.64 bits per heavy atom. The standard InChI is InChI=1S/C36H43F5N2O4/c1-8-47-32(45)19-25(27-16-26(17-28(34(27)38)36(39,40)41)33-22(4)10-9-11-23(33)5)18-31(44)30(14-21(2)3)43-20-24(12-13-42(6)7)15-29(37)35(43)46/h9-11,15-17,20-21,25,30H,8,12-14,18-19H2,1-7H3/t25-,30?/m0/s1. The first-order chi connectivity index (χ1) is 21.9. The van der Waals surface area contributed by atoms with Crippen LogP contribution >= 0.6 is 0 Å². The van der Waals surface area contributed by atoms with Gasteiger partial charge in [0.15, 0.2) is 11.6 Å². The molecule has 0 saturated heterocycles. The minimum absolute atomic E-state index is 0.0391. The molecule has 0 N–H and O–H groups in total. The summed E-state index contributed by atoms with van der Waals surface area (Å²) in [4.78, 5) is 41.8. The van der Waals surface area contributed by atoms with Gasteiger partial charge in [-0.05, 0) is 105 Å². The predicted octanol–water partition coefficient (Wildman–Crippen LogP) is 7.82. The number of aromatic nitrogens is 1. The lowest BCUT2D eigenvalue weighted by atomic mass is 9.83. The van der Waals surface area contributed by atoms with E-state index in [1.807, 2.05) is 19.0 Å². The van der Waals surface area contributed by atoms with Gasteiger partial charge < -0.3 is 14.2 Å². The zero-order valence-corrected chi connectivity index (χ0v) is 27.9. The van der Waals surface area contributed by atoms with Crippen molar-refractivity contribution in [2.75, 3.05) is 27.2 Å². The number of carbonyl (C=O) groups excluding carboxylic acids is 2. The predicted molar refractivity (Wildman–Crippen MR) is 171 cm³/mol. The number of rotatable bonds is 14. The number of hydrogen-bond donors (Lipinski definition) is 0. The summed E-state index contributed by atoms with van der Waals surface area (Å²) in [5, 5.41) is 0. The van der Waals surface area contributed by atoms with E-state index >= 15 is 4.39 Å². The lowest BCUT2D eigenvalue weighted by Gasteiger charge is -2.26. The van der Waals surface area contributed by atoms with E-state index in [1.165, 1.54) is 12.3 Å². The van der Waals surface area contributed by atoms with Crippen LogP contribution in [0.4, 0.5) is 22.0 Å². The molecule has 2 atom stereocenters. The molecular weight excluding hydrogens is 619 g/mol. The molecule has 1 heterocycles. The van der Waals surface area contributed by atoms with Crippen molar-refractivity contribution in [3.8, 4) is 11.1 Å². The van der Waals surface area contributed by atoms with Gasteiger partial charge in [-0.25, -0.2) is 8.78 Å². The maximum Gasteiger partial charge on any atom is 0.419 e. The Morgan fingerprint density at radius 3 is 2.19 bits per heavy atom. The van der Waals surface area contributed by atoms with Crippen molar-refractivity contribution in [3.05, 3.63) is 92.4 Å². The Bertz CT molecular complexity index is 1630. The van der Waals surface area contributed by atoms with E-state index in [1.54, 1.807) is 52.8 Å². The fourth-order valence-corrected chi connectivity index (χ4v) is 5.85. The van der Waals surface area contributed by atoms with Crippen LogP contribution in [0.1, 0.15) is 79.8 Å². The van der Waals surface area contributed by atoms with Gasteiger partial charge in [-0.2, -0.15) is 13.2 Å². The van der Waals surface area contributed by atoms with E-state index in [0.29, 0.717) is 35.2 Å². The molecule has 0 bridgehead atoms. The molecule has 2 aromatic carbocycles. The first-order valence-electron chi connectivity index (χ1n) is 15.6.